The molecule has 2 aromatic rings. The fourth-order valence-electron chi connectivity index (χ4n) is 3.53. The lowest BCUT2D eigenvalue weighted by Gasteiger charge is -2.35. The minimum atomic E-state index is -0.241. The van der Waals surface area contributed by atoms with E-state index in [1.807, 2.05) is 37.7 Å². The lowest BCUT2D eigenvalue weighted by molar-refractivity contribution is 0.105. The zero-order valence-electron chi connectivity index (χ0n) is 16.4. The maximum absolute atomic E-state index is 12.0. The van der Waals surface area contributed by atoms with E-state index in [2.05, 4.69) is 9.80 Å². The lowest BCUT2D eigenvalue weighted by Crippen LogP contribution is -2.49. The summed E-state index contributed by atoms with van der Waals surface area (Å²) in [5.41, 5.74) is 2.65. The van der Waals surface area contributed by atoms with Crippen molar-refractivity contribution in [3.8, 4) is 0 Å². The van der Waals surface area contributed by atoms with Gasteiger partial charge in [-0.3, -0.25) is 0 Å². The maximum Gasteiger partial charge on any atom is 0.409 e. The SMILES string of the molecule is CCOC(=O)N1CCN(c2nc(N3CCSCC3)nc3ccc(C)nc23)CC1. The van der Waals surface area contributed by atoms with Crippen molar-refractivity contribution < 1.29 is 9.53 Å². The van der Waals surface area contributed by atoms with Gasteiger partial charge in [-0.2, -0.15) is 16.7 Å². The Morgan fingerprint density at radius 2 is 1.79 bits per heavy atom. The highest BCUT2D eigenvalue weighted by Crippen LogP contribution is 2.27. The van der Waals surface area contributed by atoms with Crippen LogP contribution in [0.15, 0.2) is 12.1 Å². The van der Waals surface area contributed by atoms with Crippen LogP contribution < -0.4 is 9.80 Å². The number of nitrogens with zero attached hydrogens (tertiary/aromatic N) is 6. The van der Waals surface area contributed by atoms with Gasteiger partial charge in [-0.25, -0.2) is 14.8 Å². The van der Waals surface area contributed by atoms with Gasteiger partial charge in [0.15, 0.2) is 5.82 Å². The number of anilines is 2. The molecule has 0 aromatic carbocycles. The van der Waals surface area contributed by atoms with Crippen molar-refractivity contribution in [2.24, 2.45) is 0 Å². The van der Waals surface area contributed by atoms with Crippen LogP contribution in [0.5, 0.6) is 0 Å². The molecular weight excluding hydrogens is 376 g/mol. The zero-order valence-corrected chi connectivity index (χ0v) is 17.2. The second-order valence-electron chi connectivity index (χ2n) is 6.94. The van der Waals surface area contributed by atoms with E-state index < -0.39 is 0 Å². The van der Waals surface area contributed by atoms with E-state index in [9.17, 15) is 4.79 Å². The molecule has 0 bridgehead atoms. The summed E-state index contributed by atoms with van der Waals surface area (Å²) in [5, 5.41) is 0. The Balaban J connectivity index is 1.63. The van der Waals surface area contributed by atoms with Crippen LogP contribution in [-0.2, 0) is 4.74 Å². The normalized spacial score (nSPS) is 17.9. The molecule has 4 heterocycles. The molecule has 2 aliphatic rings. The Hall–Kier alpha value is -2.29. The Kier molecular flexibility index (Phi) is 5.70. The molecule has 8 nitrogen and oxygen atoms in total. The maximum atomic E-state index is 12.0. The monoisotopic (exact) mass is 402 g/mol. The molecule has 0 N–H and O–H groups in total. The number of piperazine rings is 1. The van der Waals surface area contributed by atoms with Crippen LogP contribution in [0.25, 0.3) is 11.0 Å². The number of pyridine rings is 1. The minimum Gasteiger partial charge on any atom is -0.450 e. The van der Waals surface area contributed by atoms with E-state index in [1.165, 1.54) is 0 Å². The van der Waals surface area contributed by atoms with Crippen molar-refractivity contribution in [1.29, 1.82) is 0 Å². The van der Waals surface area contributed by atoms with Gasteiger partial charge in [0.05, 0.1) is 12.1 Å². The molecule has 2 aliphatic heterocycles. The largest absolute Gasteiger partial charge is 0.450 e. The topological polar surface area (TPSA) is 74.7 Å². The average molecular weight is 403 g/mol. The van der Waals surface area contributed by atoms with Crippen LogP contribution in [0.1, 0.15) is 12.6 Å². The number of aryl methyl sites for hydroxylation is 1. The first-order chi connectivity index (χ1) is 13.7. The number of hydrogen-bond acceptors (Lipinski definition) is 8. The molecule has 0 atom stereocenters. The molecule has 1 amide bonds. The zero-order chi connectivity index (χ0) is 19.5. The highest BCUT2D eigenvalue weighted by Gasteiger charge is 2.26. The molecule has 150 valence electrons. The first kappa shape index (κ1) is 19.0. The Bertz CT molecular complexity index is 850. The van der Waals surface area contributed by atoms with Gasteiger partial charge in [-0.15, -0.1) is 0 Å². The molecule has 9 heteroatoms. The molecule has 0 spiro atoms. The van der Waals surface area contributed by atoms with Crippen LogP contribution in [0.2, 0.25) is 0 Å². The van der Waals surface area contributed by atoms with Gasteiger partial charge < -0.3 is 19.4 Å². The predicted molar refractivity (Wildman–Crippen MR) is 112 cm³/mol. The average Bonchev–Trinajstić information content (AvgIpc) is 2.74. The summed E-state index contributed by atoms with van der Waals surface area (Å²) in [4.78, 5) is 32.7. The number of thioether (sulfide) groups is 1. The third kappa shape index (κ3) is 3.94. The van der Waals surface area contributed by atoms with Gasteiger partial charge in [0.25, 0.3) is 0 Å². The summed E-state index contributed by atoms with van der Waals surface area (Å²) in [5.74, 6) is 3.84. The van der Waals surface area contributed by atoms with E-state index in [0.717, 1.165) is 53.1 Å². The highest BCUT2D eigenvalue weighted by molar-refractivity contribution is 7.99. The van der Waals surface area contributed by atoms with E-state index in [4.69, 9.17) is 19.7 Å². The Labute approximate surface area is 169 Å². The first-order valence-corrected chi connectivity index (χ1v) is 11.0. The second-order valence-corrected chi connectivity index (χ2v) is 8.16. The van der Waals surface area contributed by atoms with Gasteiger partial charge in [-0.05, 0) is 26.0 Å². The third-order valence-corrected chi connectivity index (χ3v) is 5.99. The van der Waals surface area contributed by atoms with Gasteiger partial charge in [-0.1, -0.05) is 0 Å². The summed E-state index contributed by atoms with van der Waals surface area (Å²) in [6.45, 7) is 8.78. The van der Waals surface area contributed by atoms with Crippen LogP contribution in [0.3, 0.4) is 0 Å². The summed E-state index contributed by atoms with van der Waals surface area (Å²) in [7, 11) is 0. The van der Waals surface area contributed by atoms with Crippen molar-refractivity contribution in [1.82, 2.24) is 19.9 Å². The molecule has 2 saturated heterocycles. The van der Waals surface area contributed by atoms with E-state index >= 15 is 0 Å². The minimum absolute atomic E-state index is 0.241. The van der Waals surface area contributed by atoms with E-state index in [-0.39, 0.29) is 6.09 Å². The third-order valence-electron chi connectivity index (χ3n) is 5.05. The number of carbonyl (C=O) groups is 1. The first-order valence-electron chi connectivity index (χ1n) is 9.80. The lowest BCUT2D eigenvalue weighted by atomic mass is 10.2. The summed E-state index contributed by atoms with van der Waals surface area (Å²) < 4.78 is 5.13. The molecular formula is C19H26N6O2S. The van der Waals surface area contributed by atoms with Crippen LogP contribution in [0, 0.1) is 6.92 Å². The van der Waals surface area contributed by atoms with Crippen molar-refractivity contribution in [2.75, 3.05) is 67.2 Å². The second kappa shape index (κ2) is 8.38. The quantitative estimate of drug-likeness (QED) is 0.773. The van der Waals surface area contributed by atoms with Crippen molar-refractivity contribution >= 4 is 40.7 Å². The van der Waals surface area contributed by atoms with Crippen molar-refractivity contribution in [2.45, 2.75) is 13.8 Å². The number of fused-ring (bicyclic) bond motifs is 1. The van der Waals surface area contributed by atoms with Gasteiger partial charge in [0.2, 0.25) is 5.95 Å². The molecule has 0 saturated carbocycles. The summed E-state index contributed by atoms with van der Waals surface area (Å²) in [6, 6.07) is 4.02. The number of hydrogen-bond donors (Lipinski definition) is 0. The molecule has 0 aliphatic carbocycles. The van der Waals surface area contributed by atoms with Crippen molar-refractivity contribution in [3.05, 3.63) is 17.8 Å². The predicted octanol–water partition coefficient (Wildman–Crippen LogP) is 2.16. The summed E-state index contributed by atoms with van der Waals surface area (Å²) in [6.07, 6.45) is -0.241. The molecule has 0 radical (unpaired) electrons. The number of ether oxygens (including phenoxy) is 1. The van der Waals surface area contributed by atoms with Crippen molar-refractivity contribution in [3.63, 3.8) is 0 Å². The van der Waals surface area contributed by atoms with Gasteiger partial charge >= 0.3 is 6.09 Å². The van der Waals surface area contributed by atoms with Crippen LogP contribution in [-0.4, -0.2) is 83.3 Å². The molecule has 28 heavy (non-hydrogen) atoms. The number of carbonyl (C=O) groups excluding carboxylic acids is 1. The van der Waals surface area contributed by atoms with Crippen LogP contribution >= 0.6 is 11.8 Å². The fourth-order valence-corrected chi connectivity index (χ4v) is 4.43. The number of amides is 1. The van der Waals surface area contributed by atoms with Gasteiger partial charge in [0.1, 0.15) is 5.52 Å². The smallest absolute Gasteiger partial charge is 0.409 e. The number of aromatic nitrogens is 3. The molecule has 2 fully saturated rings. The summed E-state index contributed by atoms with van der Waals surface area (Å²) >= 11 is 1.97. The Morgan fingerprint density at radius 3 is 2.50 bits per heavy atom. The molecule has 0 unspecified atom stereocenters. The van der Waals surface area contributed by atoms with Crippen LogP contribution in [0.4, 0.5) is 16.6 Å². The fraction of sp³-hybridized carbons (Fsp3) is 0.579. The standard InChI is InChI=1S/C19H26N6O2S/c1-3-27-19(26)25-8-6-23(7-9-25)17-16-15(5-4-14(2)20-16)21-18(22-17)24-10-12-28-13-11-24/h4-5H,3,6-13H2,1-2H3. The molecule has 2 aromatic heterocycles. The van der Waals surface area contributed by atoms with E-state index in [0.29, 0.717) is 32.8 Å². The molecule has 4 rings (SSSR count). The Morgan fingerprint density at radius 1 is 1.04 bits per heavy atom. The number of rotatable bonds is 3. The van der Waals surface area contributed by atoms with E-state index in [1.54, 1.807) is 4.90 Å². The highest BCUT2D eigenvalue weighted by atomic mass is 32.2. The van der Waals surface area contributed by atoms with Gasteiger partial charge in [0, 0.05) is 56.5 Å².